The Morgan fingerprint density at radius 2 is 2.28 bits per heavy atom. The molecule has 1 N–H and O–H groups in total. The number of rotatable bonds is 3. The molecule has 0 saturated carbocycles. The molecule has 0 radical (unpaired) electrons. The molecule has 2 aromatic rings. The van der Waals surface area contributed by atoms with E-state index in [0.717, 1.165) is 17.1 Å². The average Bonchev–Trinajstić information content (AvgIpc) is 2.77. The summed E-state index contributed by atoms with van der Waals surface area (Å²) < 4.78 is 1.08. The highest BCUT2D eigenvalue weighted by atomic mass is 16.6. The second-order valence-electron chi connectivity index (χ2n) is 3.53. The van der Waals surface area contributed by atoms with Crippen molar-refractivity contribution in [3.8, 4) is 5.82 Å². The monoisotopic (exact) mass is 248 g/mol. The van der Waals surface area contributed by atoms with Crippen molar-refractivity contribution >= 4 is 11.7 Å². The van der Waals surface area contributed by atoms with Crippen molar-refractivity contribution in [2.75, 3.05) is 0 Å². The van der Waals surface area contributed by atoms with Gasteiger partial charge in [0.25, 0.3) is 0 Å². The van der Waals surface area contributed by atoms with Crippen LogP contribution in [0.15, 0.2) is 24.7 Å². The third kappa shape index (κ3) is 1.90. The zero-order chi connectivity index (χ0) is 13.3. The molecule has 0 amide bonds. The Hall–Kier alpha value is -2.77. The van der Waals surface area contributed by atoms with Crippen LogP contribution >= 0.6 is 0 Å². The summed E-state index contributed by atoms with van der Waals surface area (Å²) in [6.45, 7) is 1.62. The van der Waals surface area contributed by atoms with Gasteiger partial charge in [0, 0.05) is 6.20 Å². The molecule has 0 saturated heterocycles. The number of aromatic nitrogens is 3. The molecule has 0 aromatic carbocycles. The quantitative estimate of drug-likeness (QED) is 0.644. The Morgan fingerprint density at radius 3 is 2.83 bits per heavy atom. The summed E-state index contributed by atoms with van der Waals surface area (Å²) in [6.07, 6.45) is 3.58. The van der Waals surface area contributed by atoms with Gasteiger partial charge in [-0.15, -0.1) is 0 Å². The van der Waals surface area contributed by atoms with E-state index in [1.54, 1.807) is 13.0 Å². The first-order valence-electron chi connectivity index (χ1n) is 4.89. The minimum Gasteiger partial charge on any atom is -0.478 e. The van der Waals surface area contributed by atoms with E-state index in [2.05, 4.69) is 10.1 Å². The Kier molecular flexibility index (Phi) is 2.76. The van der Waals surface area contributed by atoms with Crippen LogP contribution < -0.4 is 0 Å². The van der Waals surface area contributed by atoms with Gasteiger partial charge in [-0.2, -0.15) is 5.10 Å². The minimum atomic E-state index is -1.16. The molecular formula is C10H8N4O4. The van der Waals surface area contributed by atoms with E-state index < -0.39 is 10.9 Å². The van der Waals surface area contributed by atoms with Crippen molar-refractivity contribution in [3.63, 3.8) is 0 Å². The largest absolute Gasteiger partial charge is 0.478 e. The predicted octanol–water partition coefficient (Wildman–Crippen LogP) is 1.18. The molecule has 0 spiro atoms. The van der Waals surface area contributed by atoms with E-state index in [0.29, 0.717) is 5.56 Å². The van der Waals surface area contributed by atoms with Gasteiger partial charge >= 0.3 is 11.7 Å². The molecule has 0 aliphatic rings. The van der Waals surface area contributed by atoms with Crippen molar-refractivity contribution in [1.29, 1.82) is 0 Å². The highest BCUT2D eigenvalue weighted by molar-refractivity contribution is 5.92. The maximum absolute atomic E-state index is 11.1. The molecule has 0 atom stereocenters. The molecule has 0 bridgehead atoms. The van der Waals surface area contributed by atoms with Crippen LogP contribution in [0.3, 0.4) is 0 Å². The molecule has 0 fully saturated rings. The van der Waals surface area contributed by atoms with Gasteiger partial charge in [0.2, 0.25) is 0 Å². The molecular weight excluding hydrogens is 240 g/mol. The standard InChI is InChI=1S/C10H8N4O4/c1-6-2-3-11-9(8(6)10(15)16)13-5-7(4-12-13)14(17)18/h2-5H,1H3,(H,15,16). The Balaban J connectivity index is 2.59. The number of aromatic carboxylic acids is 1. The van der Waals surface area contributed by atoms with E-state index in [1.165, 1.54) is 6.20 Å². The fraction of sp³-hybridized carbons (Fsp3) is 0.100. The highest BCUT2D eigenvalue weighted by Crippen LogP contribution is 2.18. The van der Waals surface area contributed by atoms with Gasteiger partial charge in [-0.3, -0.25) is 10.1 Å². The Labute approximate surface area is 101 Å². The highest BCUT2D eigenvalue weighted by Gasteiger charge is 2.18. The van der Waals surface area contributed by atoms with Crippen molar-refractivity contribution in [1.82, 2.24) is 14.8 Å². The first kappa shape index (κ1) is 11.7. The minimum absolute atomic E-state index is 0.0319. The van der Waals surface area contributed by atoms with Gasteiger partial charge in [-0.1, -0.05) is 0 Å². The molecule has 18 heavy (non-hydrogen) atoms. The molecule has 8 heteroatoms. The average molecular weight is 248 g/mol. The third-order valence-electron chi connectivity index (χ3n) is 2.35. The molecule has 92 valence electrons. The van der Waals surface area contributed by atoms with E-state index in [9.17, 15) is 14.9 Å². The summed E-state index contributed by atoms with van der Waals surface area (Å²) in [4.78, 5) is 25.0. The summed E-state index contributed by atoms with van der Waals surface area (Å²) in [5, 5.41) is 23.4. The number of pyridine rings is 1. The van der Waals surface area contributed by atoms with Crippen LogP contribution in [-0.2, 0) is 0 Å². The molecule has 2 heterocycles. The van der Waals surface area contributed by atoms with Crippen LogP contribution in [0, 0.1) is 17.0 Å². The van der Waals surface area contributed by atoms with E-state index >= 15 is 0 Å². The Morgan fingerprint density at radius 1 is 1.56 bits per heavy atom. The third-order valence-corrected chi connectivity index (χ3v) is 2.35. The van der Waals surface area contributed by atoms with Gasteiger partial charge in [0.1, 0.15) is 18.0 Å². The lowest BCUT2D eigenvalue weighted by molar-refractivity contribution is -0.384. The van der Waals surface area contributed by atoms with Crippen molar-refractivity contribution in [2.45, 2.75) is 6.92 Å². The lowest BCUT2D eigenvalue weighted by Crippen LogP contribution is -2.10. The van der Waals surface area contributed by atoms with Crippen molar-refractivity contribution < 1.29 is 14.8 Å². The topological polar surface area (TPSA) is 111 Å². The second-order valence-corrected chi connectivity index (χ2v) is 3.53. The lowest BCUT2D eigenvalue weighted by Gasteiger charge is -2.06. The molecule has 8 nitrogen and oxygen atoms in total. The van der Waals surface area contributed by atoms with Gasteiger partial charge in [-0.25, -0.2) is 14.5 Å². The van der Waals surface area contributed by atoms with E-state index in [-0.39, 0.29) is 17.1 Å². The summed E-state index contributed by atoms with van der Waals surface area (Å²) in [6, 6.07) is 1.55. The maximum atomic E-state index is 11.1. The SMILES string of the molecule is Cc1ccnc(-n2cc([N+](=O)[O-])cn2)c1C(=O)O. The fourth-order valence-electron chi connectivity index (χ4n) is 1.51. The molecule has 2 aromatic heterocycles. The zero-order valence-electron chi connectivity index (χ0n) is 9.27. The fourth-order valence-corrected chi connectivity index (χ4v) is 1.51. The molecule has 0 aliphatic heterocycles. The van der Waals surface area contributed by atoms with Gasteiger partial charge in [0.05, 0.1) is 4.92 Å². The van der Waals surface area contributed by atoms with E-state index in [4.69, 9.17) is 5.11 Å². The normalized spacial score (nSPS) is 10.3. The smallest absolute Gasteiger partial charge is 0.339 e. The van der Waals surface area contributed by atoms with Crippen LogP contribution in [-0.4, -0.2) is 30.8 Å². The number of carboxylic acid groups (broad SMARTS) is 1. The van der Waals surface area contributed by atoms with E-state index in [1.807, 2.05) is 0 Å². The zero-order valence-corrected chi connectivity index (χ0v) is 9.27. The van der Waals surface area contributed by atoms with Crippen LogP contribution in [0.4, 0.5) is 5.69 Å². The first-order valence-corrected chi connectivity index (χ1v) is 4.89. The van der Waals surface area contributed by atoms with Crippen LogP contribution in [0.5, 0.6) is 0 Å². The van der Waals surface area contributed by atoms with Crippen molar-refractivity contribution in [3.05, 3.63) is 45.9 Å². The number of carboxylic acids is 1. The predicted molar refractivity (Wildman–Crippen MR) is 59.7 cm³/mol. The Bertz CT molecular complexity index is 635. The first-order chi connectivity index (χ1) is 8.50. The summed E-state index contributed by atoms with van der Waals surface area (Å²) in [5.41, 5.74) is 0.246. The summed E-state index contributed by atoms with van der Waals surface area (Å²) in [7, 11) is 0. The van der Waals surface area contributed by atoms with Gasteiger partial charge < -0.3 is 5.11 Å². The number of nitrogens with zero attached hydrogens (tertiary/aromatic N) is 4. The number of nitro groups is 1. The molecule has 0 aliphatic carbocycles. The lowest BCUT2D eigenvalue weighted by atomic mass is 10.1. The maximum Gasteiger partial charge on any atom is 0.339 e. The van der Waals surface area contributed by atoms with Crippen LogP contribution in [0.25, 0.3) is 5.82 Å². The van der Waals surface area contributed by atoms with Gasteiger partial charge in [0.15, 0.2) is 5.82 Å². The summed E-state index contributed by atoms with van der Waals surface area (Å²) in [5.74, 6) is -1.11. The summed E-state index contributed by atoms with van der Waals surface area (Å²) >= 11 is 0. The number of aryl methyl sites for hydroxylation is 1. The number of hydrogen-bond acceptors (Lipinski definition) is 5. The van der Waals surface area contributed by atoms with Crippen LogP contribution in [0.1, 0.15) is 15.9 Å². The van der Waals surface area contributed by atoms with Gasteiger partial charge in [-0.05, 0) is 18.6 Å². The molecule has 2 rings (SSSR count). The second kappa shape index (κ2) is 4.24. The van der Waals surface area contributed by atoms with Crippen molar-refractivity contribution in [2.24, 2.45) is 0 Å². The van der Waals surface area contributed by atoms with Crippen LogP contribution in [0.2, 0.25) is 0 Å². The molecule has 0 unspecified atom stereocenters. The number of hydrogen-bond donors (Lipinski definition) is 1. The number of carbonyl (C=O) groups is 1.